The van der Waals surface area contributed by atoms with Gasteiger partial charge in [0.2, 0.25) is 0 Å². The van der Waals surface area contributed by atoms with Gasteiger partial charge in [-0.1, -0.05) is 26.0 Å². The number of β-amino-alcohol motifs (C(OH)–C–C–N with tert-alkyl or cyclic N) is 1. The number of piperidine rings is 1. The second-order valence-electron chi connectivity index (χ2n) is 6.90. The number of H-pyrrole nitrogens is 1. The van der Waals surface area contributed by atoms with Gasteiger partial charge in [0, 0.05) is 19.2 Å². The number of aliphatic hydroxyl groups excluding tert-OH is 1. The van der Waals surface area contributed by atoms with Crippen molar-refractivity contribution < 1.29 is 14.6 Å². The molecule has 0 saturated carbocycles. The highest BCUT2D eigenvalue weighted by molar-refractivity contribution is 5.93. The Kier molecular flexibility index (Phi) is 5.42. The van der Waals surface area contributed by atoms with E-state index in [1.54, 1.807) is 6.07 Å². The Morgan fingerprint density at radius 1 is 1.31 bits per heavy atom. The predicted molar refractivity (Wildman–Crippen MR) is 98.5 cm³/mol. The van der Waals surface area contributed by atoms with Crippen molar-refractivity contribution in [3.63, 3.8) is 0 Å². The first kappa shape index (κ1) is 18.2. The zero-order valence-electron chi connectivity index (χ0n) is 15.0. The third-order valence-corrected chi connectivity index (χ3v) is 4.67. The Morgan fingerprint density at radius 3 is 2.81 bits per heavy atom. The van der Waals surface area contributed by atoms with Gasteiger partial charge in [0.15, 0.2) is 0 Å². The van der Waals surface area contributed by atoms with Gasteiger partial charge in [-0.3, -0.25) is 9.59 Å². The summed E-state index contributed by atoms with van der Waals surface area (Å²) >= 11 is 0. The Labute approximate surface area is 152 Å². The van der Waals surface area contributed by atoms with Crippen LogP contribution in [0.1, 0.15) is 42.1 Å². The van der Waals surface area contributed by atoms with Crippen LogP contribution in [-0.4, -0.2) is 46.2 Å². The summed E-state index contributed by atoms with van der Waals surface area (Å²) in [5, 5.41) is 10.4. The van der Waals surface area contributed by atoms with Crippen LogP contribution in [0.5, 0.6) is 5.75 Å². The highest BCUT2D eigenvalue weighted by Gasteiger charge is 2.32. The van der Waals surface area contributed by atoms with Crippen LogP contribution in [0.15, 0.2) is 47.4 Å². The van der Waals surface area contributed by atoms with E-state index < -0.39 is 11.7 Å². The van der Waals surface area contributed by atoms with Crippen LogP contribution in [0.2, 0.25) is 0 Å². The fourth-order valence-corrected chi connectivity index (χ4v) is 3.11. The summed E-state index contributed by atoms with van der Waals surface area (Å²) in [6, 6.07) is 11.0. The van der Waals surface area contributed by atoms with Gasteiger partial charge < -0.3 is 19.7 Å². The summed E-state index contributed by atoms with van der Waals surface area (Å²) in [5.74, 6) is 0.748. The standard InChI is InChI=1S/C20H24N2O4/c1-13(2)14-5-3-6-15(11-14)26-18-8-10-22(12-17(18)23)20(25)16-7-4-9-21-19(16)24/h3-7,9,11,13,17-18,23H,8,10,12H2,1-2H3,(H,21,24)/t17-,18-/m1/s1. The summed E-state index contributed by atoms with van der Waals surface area (Å²) in [5.41, 5.74) is 0.840. The Morgan fingerprint density at radius 2 is 2.12 bits per heavy atom. The lowest BCUT2D eigenvalue weighted by Crippen LogP contribution is -2.51. The van der Waals surface area contributed by atoms with Crippen molar-refractivity contribution >= 4 is 5.91 Å². The molecule has 3 rings (SSSR count). The third-order valence-electron chi connectivity index (χ3n) is 4.67. The topological polar surface area (TPSA) is 82.6 Å². The first-order valence-electron chi connectivity index (χ1n) is 8.87. The SMILES string of the molecule is CC(C)c1cccc(O[C@@H]2CCN(C(=O)c3ccc[nH]c3=O)C[C@H]2O)c1. The summed E-state index contributed by atoms with van der Waals surface area (Å²) in [7, 11) is 0. The van der Waals surface area contributed by atoms with Gasteiger partial charge in [-0.25, -0.2) is 0 Å². The van der Waals surface area contributed by atoms with Crippen LogP contribution in [0.4, 0.5) is 0 Å². The van der Waals surface area contributed by atoms with E-state index in [2.05, 4.69) is 18.8 Å². The minimum absolute atomic E-state index is 0.0868. The minimum atomic E-state index is -0.807. The molecule has 0 unspecified atom stereocenters. The quantitative estimate of drug-likeness (QED) is 0.879. The number of likely N-dealkylation sites (tertiary alicyclic amines) is 1. The molecule has 0 bridgehead atoms. The van der Waals surface area contributed by atoms with Crippen LogP contribution in [0, 0.1) is 0 Å². The first-order valence-corrected chi connectivity index (χ1v) is 8.87. The maximum absolute atomic E-state index is 12.5. The smallest absolute Gasteiger partial charge is 0.260 e. The van der Waals surface area contributed by atoms with Crippen molar-refractivity contribution in [2.45, 2.75) is 38.4 Å². The zero-order valence-corrected chi connectivity index (χ0v) is 15.0. The highest BCUT2D eigenvalue weighted by Crippen LogP contribution is 2.24. The molecule has 6 heteroatoms. The molecule has 1 amide bonds. The van der Waals surface area contributed by atoms with Crippen molar-refractivity contribution in [2.24, 2.45) is 0 Å². The van der Waals surface area contributed by atoms with E-state index in [0.29, 0.717) is 18.9 Å². The van der Waals surface area contributed by atoms with E-state index in [-0.39, 0.29) is 24.1 Å². The van der Waals surface area contributed by atoms with E-state index in [1.165, 1.54) is 22.7 Å². The minimum Gasteiger partial charge on any atom is -0.488 e. The lowest BCUT2D eigenvalue weighted by atomic mass is 10.0. The number of pyridine rings is 1. The fourth-order valence-electron chi connectivity index (χ4n) is 3.11. The maximum atomic E-state index is 12.5. The molecule has 1 aliphatic heterocycles. The lowest BCUT2D eigenvalue weighted by molar-refractivity contribution is -0.0199. The highest BCUT2D eigenvalue weighted by atomic mass is 16.5. The number of aliphatic hydroxyl groups is 1. The van der Waals surface area contributed by atoms with Crippen molar-refractivity contribution in [1.29, 1.82) is 0 Å². The molecule has 2 aromatic rings. The average Bonchev–Trinajstić information content (AvgIpc) is 2.63. The van der Waals surface area contributed by atoms with E-state index >= 15 is 0 Å². The molecule has 0 aliphatic carbocycles. The molecule has 26 heavy (non-hydrogen) atoms. The van der Waals surface area contributed by atoms with E-state index in [1.807, 2.05) is 24.3 Å². The van der Waals surface area contributed by atoms with Crippen molar-refractivity contribution in [3.8, 4) is 5.75 Å². The van der Waals surface area contributed by atoms with Crippen molar-refractivity contribution in [2.75, 3.05) is 13.1 Å². The fraction of sp³-hybridized carbons (Fsp3) is 0.400. The van der Waals surface area contributed by atoms with Crippen molar-refractivity contribution in [3.05, 3.63) is 64.1 Å². The molecule has 1 saturated heterocycles. The second kappa shape index (κ2) is 7.74. The molecule has 2 heterocycles. The van der Waals surface area contributed by atoms with Crippen LogP contribution in [0.25, 0.3) is 0 Å². The van der Waals surface area contributed by atoms with Crippen LogP contribution in [0.3, 0.4) is 0 Å². The number of aromatic amines is 1. The number of aromatic nitrogens is 1. The number of amides is 1. The number of nitrogens with zero attached hydrogens (tertiary/aromatic N) is 1. The lowest BCUT2D eigenvalue weighted by Gasteiger charge is -2.35. The zero-order chi connectivity index (χ0) is 18.7. The number of hydrogen-bond donors (Lipinski definition) is 2. The summed E-state index contributed by atoms with van der Waals surface area (Å²) < 4.78 is 5.96. The van der Waals surface area contributed by atoms with Gasteiger partial charge in [0.1, 0.15) is 23.5 Å². The van der Waals surface area contributed by atoms with Gasteiger partial charge >= 0.3 is 0 Å². The van der Waals surface area contributed by atoms with E-state index in [0.717, 1.165) is 5.75 Å². The van der Waals surface area contributed by atoms with Gasteiger partial charge in [0.25, 0.3) is 11.5 Å². The number of nitrogens with one attached hydrogen (secondary N) is 1. The molecule has 6 nitrogen and oxygen atoms in total. The second-order valence-corrected chi connectivity index (χ2v) is 6.90. The van der Waals surface area contributed by atoms with Crippen LogP contribution < -0.4 is 10.3 Å². The summed E-state index contributed by atoms with van der Waals surface area (Å²) in [6.45, 7) is 4.80. The average molecular weight is 356 g/mol. The number of benzene rings is 1. The van der Waals surface area contributed by atoms with Gasteiger partial charge in [-0.2, -0.15) is 0 Å². The third kappa shape index (κ3) is 3.96. The molecule has 1 aliphatic rings. The molecular weight excluding hydrogens is 332 g/mol. The van der Waals surface area contributed by atoms with E-state index in [9.17, 15) is 14.7 Å². The molecule has 0 radical (unpaired) electrons. The van der Waals surface area contributed by atoms with Gasteiger partial charge in [-0.05, 0) is 35.7 Å². The molecule has 2 N–H and O–H groups in total. The Bertz CT molecular complexity index is 830. The van der Waals surface area contributed by atoms with Crippen molar-refractivity contribution in [1.82, 2.24) is 9.88 Å². The molecular formula is C20H24N2O4. The first-order chi connectivity index (χ1) is 12.5. The number of carbonyl (C=O) groups excluding carboxylic acids is 1. The normalized spacial score (nSPS) is 20.2. The monoisotopic (exact) mass is 356 g/mol. The van der Waals surface area contributed by atoms with Gasteiger partial charge in [0.05, 0.1) is 6.54 Å². The predicted octanol–water partition coefficient (Wildman–Crippen LogP) is 2.15. The van der Waals surface area contributed by atoms with Gasteiger partial charge in [-0.15, -0.1) is 0 Å². The molecule has 1 aromatic carbocycles. The van der Waals surface area contributed by atoms with Crippen LogP contribution in [-0.2, 0) is 0 Å². The number of ether oxygens (including phenoxy) is 1. The number of rotatable bonds is 4. The maximum Gasteiger partial charge on any atom is 0.260 e. The summed E-state index contributed by atoms with van der Waals surface area (Å²) in [4.78, 5) is 28.3. The molecule has 0 spiro atoms. The summed E-state index contributed by atoms with van der Waals surface area (Å²) in [6.07, 6.45) is 0.803. The van der Waals surface area contributed by atoms with E-state index in [4.69, 9.17) is 4.74 Å². The molecule has 138 valence electrons. The number of carbonyl (C=O) groups is 1. The molecule has 1 aromatic heterocycles. The Balaban J connectivity index is 1.65. The largest absolute Gasteiger partial charge is 0.488 e. The van der Waals surface area contributed by atoms with Crippen LogP contribution >= 0.6 is 0 Å². The molecule has 1 fully saturated rings. The number of hydrogen-bond acceptors (Lipinski definition) is 4. The Hall–Kier alpha value is -2.60. The molecule has 2 atom stereocenters.